The zero-order valence-corrected chi connectivity index (χ0v) is 10.4. The summed E-state index contributed by atoms with van der Waals surface area (Å²) in [7, 11) is 0. The van der Waals surface area contributed by atoms with E-state index in [4.69, 9.17) is 10.2 Å². The van der Waals surface area contributed by atoms with E-state index in [1.54, 1.807) is 18.2 Å². The number of amides is 2. The molecule has 0 atom stereocenters. The fourth-order valence-electron chi connectivity index (χ4n) is 1.47. The summed E-state index contributed by atoms with van der Waals surface area (Å²) >= 11 is 0. The quantitative estimate of drug-likeness (QED) is 0.714. The van der Waals surface area contributed by atoms with Crippen molar-refractivity contribution in [3.05, 3.63) is 41.8 Å². The predicted molar refractivity (Wildman–Crippen MR) is 69.7 cm³/mol. The maximum atomic E-state index is 12.9. The standard InChI is InChI=1S/C13H17FN2O3/c14-12-3-1-2-11(10-12)4-5-15-13(19)16(6-8-17)7-9-18/h1-5,10,17-18H,6-9H2,(H,15,19)/b5-4+. The predicted octanol–water partition coefficient (Wildman–Crippen LogP) is 0.793. The monoisotopic (exact) mass is 268 g/mol. The Morgan fingerprint density at radius 2 is 2.00 bits per heavy atom. The number of nitrogens with zero attached hydrogens (tertiary/aromatic N) is 1. The van der Waals surface area contributed by atoms with Crippen LogP contribution < -0.4 is 5.32 Å². The molecule has 0 fully saturated rings. The van der Waals surface area contributed by atoms with Crippen LogP contribution in [-0.2, 0) is 0 Å². The molecule has 2 amide bonds. The highest BCUT2D eigenvalue weighted by Gasteiger charge is 2.09. The highest BCUT2D eigenvalue weighted by Crippen LogP contribution is 2.04. The van der Waals surface area contributed by atoms with E-state index < -0.39 is 6.03 Å². The molecule has 19 heavy (non-hydrogen) atoms. The molecule has 5 nitrogen and oxygen atoms in total. The Kier molecular flexibility index (Phi) is 6.56. The van der Waals surface area contributed by atoms with Crippen LogP contribution in [0.3, 0.4) is 0 Å². The first-order valence-electron chi connectivity index (χ1n) is 5.86. The molecule has 3 N–H and O–H groups in total. The summed E-state index contributed by atoms with van der Waals surface area (Å²) in [4.78, 5) is 12.9. The Morgan fingerprint density at radius 3 is 2.58 bits per heavy atom. The third kappa shape index (κ3) is 5.50. The first kappa shape index (κ1) is 15.1. The second-order valence-corrected chi connectivity index (χ2v) is 3.77. The molecule has 0 saturated heterocycles. The van der Waals surface area contributed by atoms with Crippen LogP contribution >= 0.6 is 0 Å². The first-order valence-corrected chi connectivity index (χ1v) is 5.86. The number of carbonyl (C=O) groups excluding carboxylic acids is 1. The largest absolute Gasteiger partial charge is 0.395 e. The smallest absolute Gasteiger partial charge is 0.321 e. The van der Waals surface area contributed by atoms with E-state index in [9.17, 15) is 9.18 Å². The van der Waals surface area contributed by atoms with Gasteiger partial charge in [0.05, 0.1) is 13.2 Å². The summed E-state index contributed by atoms with van der Waals surface area (Å²) in [5, 5.41) is 20.0. The van der Waals surface area contributed by atoms with E-state index in [1.165, 1.54) is 23.2 Å². The molecule has 1 aromatic carbocycles. The third-order valence-corrected chi connectivity index (χ3v) is 2.36. The number of rotatable bonds is 6. The van der Waals surface area contributed by atoms with Gasteiger partial charge in [-0.2, -0.15) is 0 Å². The van der Waals surface area contributed by atoms with Gasteiger partial charge < -0.3 is 20.4 Å². The van der Waals surface area contributed by atoms with Gasteiger partial charge >= 0.3 is 6.03 Å². The number of aliphatic hydroxyl groups is 2. The summed E-state index contributed by atoms with van der Waals surface area (Å²) in [5.74, 6) is -0.351. The fourth-order valence-corrected chi connectivity index (χ4v) is 1.47. The van der Waals surface area contributed by atoms with Crippen LogP contribution in [0, 0.1) is 5.82 Å². The maximum absolute atomic E-state index is 12.9. The fraction of sp³-hybridized carbons (Fsp3) is 0.308. The van der Waals surface area contributed by atoms with Crippen molar-refractivity contribution in [3.8, 4) is 0 Å². The van der Waals surface area contributed by atoms with Gasteiger partial charge in [-0.3, -0.25) is 0 Å². The molecule has 104 valence electrons. The maximum Gasteiger partial charge on any atom is 0.321 e. The lowest BCUT2D eigenvalue weighted by Gasteiger charge is -2.19. The lowest BCUT2D eigenvalue weighted by atomic mass is 10.2. The molecule has 1 rings (SSSR count). The second kappa shape index (κ2) is 8.23. The Morgan fingerprint density at radius 1 is 1.32 bits per heavy atom. The number of halogens is 1. The second-order valence-electron chi connectivity index (χ2n) is 3.77. The molecule has 0 aliphatic rings. The Balaban J connectivity index is 2.52. The summed E-state index contributed by atoms with van der Waals surface area (Å²) in [6.07, 6.45) is 2.94. The van der Waals surface area contributed by atoms with Crippen LogP contribution in [0.25, 0.3) is 6.08 Å². The van der Waals surface area contributed by atoms with Crippen molar-refractivity contribution in [3.63, 3.8) is 0 Å². The molecule has 0 spiro atoms. The number of urea groups is 1. The van der Waals surface area contributed by atoms with Crippen molar-refractivity contribution in [1.82, 2.24) is 10.2 Å². The minimum atomic E-state index is -0.434. The normalized spacial score (nSPS) is 10.7. The van der Waals surface area contributed by atoms with E-state index in [2.05, 4.69) is 5.32 Å². The molecule has 0 saturated carbocycles. The van der Waals surface area contributed by atoms with E-state index in [-0.39, 0.29) is 32.1 Å². The van der Waals surface area contributed by atoms with Gasteiger partial charge in [-0.05, 0) is 23.8 Å². The minimum absolute atomic E-state index is 0.139. The molecule has 1 aromatic rings. The Labute approximate surface area is 111 Å². The Bertz CT molecular complexity index is 432. The highest BCUT2D eigenvalue weighted by atomic mass is 19.1. The van der Waals surface area contributed by atoms with Gasteiger partial charge in [0.25, 0.3) is 0 Å². The molecule has 0 aliphatic heterocycles. The van der Waals surface area contributed by atoms with Crippen LogP contribution in [0.1, 0.15) is 5.56 Å². The molecule has 0 aromatic heterocycles. The van der Waals surface area contributed by atoms with E-state index in [0.29, 0.717) is 5.56 Å². The minimum Gasteiger partial charge on any atom is -0.395 e. The average molecular weight is 268 g/mol. The zero-order valence-electron chi connectivity index (χ0n) is 10.4. The average Bonchev–Trinajstić information content (AvgIpc) is 2.38. The molecule has 0 heterocycles. The summed E-state index contributed by atoms with van der Waals surface area (Å²) in [5.41, 5.74) is 0.621. The zero-order chi connectivity index (χ0) is 14.1. The van der Waals surface area contributed by atoms with Gasteiger partial charge in [0.1, 0.15) is 5.82 Å². The van der Waals surface area contributed by atoms with Crippen molar-refractivity contribution >= 4 is 12.1 Å². The van der Waals surface area contributed by atoms with E-state index >= 15 is 0 Å². The van der Waals surface area contributed by atoms with Crippen molar-refractivity contribution in [1.29, 1.82) is 0 Å². The summed E-state index contributed by atoms with van der Waals surface area (Å²) < 4.78 is 12.9. The van der Waals surface area contributed by atoms with Crippen LogP contribution in [-0.4, -0.2) is 47.4 Å². The number of benzene rings is 1. The lowest BCUT2D eigenvalue weighted by molar-refractivity contribution is 0.161. The van der Waals surface area contributed by atoms with Gasteiger partial charge in [-0.15, -0.1) is 0 Å². The number of nitrogens with one attached hydrogen (secondary N) is 1. The molecule has 0 radical (unpaired) electrons. The lowest BCUT2D eigenvalue weighted by Crippen LogP contribution is -2.41. The van der Waals surface area contributed by atoms with Crippen LogP contribution in [0.2, 0.25) is 0 Å². The van der Waals surface area contributed by atoms with Crippen LogP contribution in [0.5, 0.6) is 0 Å². The van der Waals surface area contributed by atoms with E-state index in [0.717, 1.165) is 0 Å². The number of hydrogen-bond acceptors (Lipinski definition) is 3. The molecule has 0 unspecified atom stereocenters. The Hall–Kier alpha value is -1.92. The number of aliphatic hydroxyl groups excluding tert-OH is 2. The van der Waals surface area contributed by atoms with Gasteiger partial charge in [0.15, 0.2) is 0 Å². The van der Waals surface area contributed by atoms with Gasteiger partial charge in [0, 0.05) is 19.3 Å². The van der Waals surface area contributed by atoms with Gasteiger partial charge in [-0.1, -0.05) is 12.1 Å². The van der Waals surface area contributed by atoms with Gasteiger partial charge in [-0.25, -0.2) is 9.18 Å². The molecule has 6 heteroatoms. The van der Waals surface area contributed by atoms with Crippen molar-refractivity contribution in [2.45, 2.75) is 0 Å². The summed E-state index contributed by atoms with van der Waals surface area (Å²) in [6.45, 7) is -0.0809. The summed E-state index contributed by atoms with van der Waals surface area (Å²) in [6, 6.07) is 5.50. The number of hydrogen-bond donors (Lipinski definition) is 3. The van der Waals surface area contributed by atoms with E-state index in [1.807, 2.05) is 0 Å². The SMILES string of the molecule is O=C(N/C=C/c1cccc(F)c1)N(CCO)CCO. The van der Waals surface area contributed by atoms with Crippen molar-refractivity contribution < 1.29 is 19.4 Å². The van der Waals surface area contributed by atoms with Crippen LogP contribution in [0.15, 0.2) is 30.5 Å². The third-order valence-electron chi connectivity index (χ3n) is 2.36. The van der Waals surface area contributed by atoms with Crippen molar-refractivity contribution in [2.75, 3.05) is 26.3 Å². The molecular weight excluding hydrogens is 251 g/mol. The van der Waals surface area contributed by atoms with Crippen molar-refractivity contribution in [2.24, 2.45) is 0 Å². The van der Waals surface area contributed by atoms with Crippen LogP contribution in [0.4, 0.5) is 9.18 Å². The molecule has 0 aliphatic carbocycles. The van der Waals surface area contributed by atoms with Gasteiger partial charge in [0.2, 0.25) is 0 Å². The first-order chi connectivity index (χ1) is 9.17. The molecule has 0 bridgehead atoms. The molecular formula is C13H17FN2O3. The highest BCUT2D eigenvalue weighted by molar-refractivity contribution is 5.76. The topological polar surface area (TPSA) is 72.8 Å². The number of carbonyl (C=O) groups is 1.